The van der Waals surface area contributed by atoms with Gasteiger partial charge in [0.15, 0.2) is 0 Å². The molecule has 1 fully saturated rings. The Balaban J connectivity index is 1.67. The summed E-state index contributed by atoms with van der Waals surface area (Å²) in [6.07, 6.45) is 1.35. The molecule has 3 aromatic rings. The van der Waals surface area contributed by atoms with Gasteiger partial charge in [-0.3, -0.25) is 25.0 Å². The van der Waals surface area contributed by atoms with Gasteiger partial charge >= 0.3 is 6.03 Å². The first-order valence-corrected chi connectivity index (χ1v) is 11.2. The van der Waals surface area contributed by atoms with Gasteiger partial charge in [0.05, 0.1) is 10.6 Å². The highest BCUT2D eigenvalue weighted by Gasteiger charge is 2.37. The number of nitrogens with zero attached hydrogens (tertiary/aromatic N) is 2. The zero-order valence-electron chi connectivity index (χ0n) is 18.4. The number of nitro groups is 1. The molecule has 1 heterocycles. The Hall–Kier alpha value is -4.31. The van der Waals surface area contributed by atoms with Crippen LogP contribution in [0, 0.1) is 17.0 Å². The van der Waals surface area contributed by atoms with Gasteiger partial charge in [0.1, 0.15) is 17.9 Å². The molecule has 176 valence electrons. The SMILES string of the molecule is Cc1ccccc1N1C(=O)NC(=O)/C(=C\c2cc(Br)ccc2OCc2cccc([N+](=O)[O-])c2)C1=O. The molecular formula is C25H18BrN3O6. The van der Waals surface area contributed by atoms with Crippen LogP contribution in [-0.2, 0) is 16.2 Å². The summed E-state index contributed by atoms with van der Waals surface area (Å²) in [5.74, 6) is -1.25. The molecule has 35 heavy (non-hydrogen) atoms. The number of imide groups is 2. The maximum absolute atomic E-state index is 13.2. The van der Waals surface area contributed by atoms with E-state index in [1.807, 2.05) is 0 Å². The van der Waals surface area contributed by atoms with E-state index in [0.29, 0.717) is 32.6 Å². The number of ether oxygens (including phenoxy) is 1. The summed E-state index contributed by atoms with van der Waals surface area (Å²) in [5.41, 5.74) is 1.73. The fraction of sp³-hybridized carbons (Fsp3) is 0.0800. The quantitative estimate of drug-likeness (QED) is 0.207. The Kier molecular flexibility index (Phi) is 6.74. The number of benzene rings is 3. The van der Waals surface area contributed by atoms with Crippen molar-refractivity contribution in [1.82, 2.24) is 5.32 Å². The lowest BCUT2D eigenvalue weighted by molar-refractivity contribution is -0.384. The van der Waals surface area contributed by atoms with Crippen LogP contribution in [-0.4, -0.2) is 22.8 Å². The molecule has 1 aliphatic heterocycles. The number of non-ortho nitro benzene ring substituents is 1. The van der Waals surface area contributed by atoms with Gasteiger partial charge in [0.2, 0.25) is 0 Å². The van der Waals surface area contributed by atoms with Crippen LogP contribution in [0.2, 0.25) is 0 Å². The average molecular weight is 536 g/mol. The number of aryl methyl sites for hydroxylation is 1. The number of hydrogen-bond donors (Lipinski definition) is 1. The van der Waals surface area contributed by atoms with Gasteiger partial charge in [-0.25, -0.2) is 9.69 Å². The van der Waals surface area contributed by atoms with Gasteiger partial charge in [-0.1, -0.05) is 46.3 Å². The van der Waals surface area contributed by atoms with Crippen molar-refractivity contribution in [1.29, 1.82) is 0 Å². The second-order valence-corrected chi connectivity index (χ2v) is 8.56. The number of nitrogens with one attached hydrogen (secondary N) is 1. The molecule has 4 rings (SSSR count). The van der Waals surface area contributed by atoms with Crippen molar-refractivity contribution in [3.05, 3.63) is 104 Å². The molecule has 0 radical (unpaired) electrons. The van der Waals surface area contributed by atoms with Crippen LogP contribution in [0.5, 0.6) is 5.75 Å². The number of barbiturate groups is 1. The topological polar surface area (TPSA) is 119 Å². The first kappa shape index (κ1) is 23.8. The van der Waals surface area contributed by atoms with Crippen molar-refractivity contribution >= 4 is 51.2 Å². The molecule has 0 bridgehead atoms. The summed E-state index contributed by atoms with van der Waals surface area (Å²) in [7, 11) is 0. The Morgan fingerprint density at radius 2 is 1.83 bits per heavy atom. The molecule has 1 saturated heterocycles. The zero-order chi connectivity index (χ0) is 25.1. The molecule has 1 aliphatic rings. The Labute approximate surface area is 208 Å². The fourth-order valence-electron chi connectivity index (χ4n) is 3.53. The summed E-state index contributed by atoms with van der Waals surface area (Å²) in [6.45, 7) is 1.78. The minimum Gasteiger partial charge on any atom is -0.488 e. The number of amides is 4. The van der Waals surface area contributed by atoms with Crippen molar-refractivity contribution in [2.24, 2.45) is 0 Å². The van der Waals surface area contributed by atoms with Gasteiger partial charge in [0.25, 0.3) is 17.5 Å². The van der Waals surface area contributed by atoms with E-state index in [1.165, 1.54) is 18.2 Å². The smallest absolute Gasteiger partial charge is 0.335 e. The summed E-state index contributed by atoms with van der Waals surface area (Å²) in [6, 6.07) is 17.1. The Bertz CT molecular complexity index is 1400. The minimum atomic E-state index is -0.831. The number of rotatable bonds is 6. The minimum absolute atomic E-state index is 0.0213. The monoisotopic (exact) mass is 535 g/mol. The number of carbonyl (C=O) groups excluding carboxylic acids is 3. The number of nitro benzene ring substituents is 1. The molecule has 3 aromatic carbocycles. The van der Waals surface area contributed by atoms with Crippen molar-refractivity contribution in [2.45, 2.75) is 13.5 Å². The normalized spacial score (nSPS) is 14.7. The van der Waals surface area contributed by atoms with Crippen LogP contribution in [0.15, 0.2) is 76.8 Å². The van der Waals surface area contributed by atoms with E-state index in [2.05, 4.69) is 21.2 Å². The maximum atomic E-state index is 13.2. The lowest BCUT2D eigenvalue weighted by Crippen LogP contribution is -2.54. The summed E-state index contributed by atoms with van der Waals surface area (Å²) < 4.78 is 6.53. The maximum Gasteiger partial charge on any atom is 0.335 e. The van der Waals surface area contributed by atoms with E-state index in [0.717, 1.165) is 4.90 Å². The van der Waals surface area contributed by atoms with E-state index in [1.54, 1.807) is 61.5 Å². The third-order valence-corrected chi connectivity index (χ3v) is 5.74. The number of halogens is 1. The summed E-state index contributed by atoms with van der Waals surface area (Å²) in [5, 5.41) is 13.2. The first-order chi connectivity index (χ1) is 16.7. The van der Waals surface area contributed by atoms with Gasteiger partial charge in [-0.2, -0.15) is 0 Å². The van der Waals surface area contributed by atoms with Crippen LogP contribution in [0.3, 0.4) is 0 Å². The predicted octanol–water partition coefficient (Wildman–Crippen LogP) is 4.91. The largest absolute Gasteiger partial charge is 0.488 e. The van der Waals surface area contributed by atoms with Gasteiger partial charge in [-0.15, -0.1) is 0 Å². The van der Waals surface area contributed by atoms with E-state index in [-0.39, 0.29) is 17.9 Å². The standard InChI is InChI=1S/C25H18BrN3O6/c1-15-5-2-3-8-21(15)28-24(31)20(23(30)27-25(28)32)13-17-12-18(26)9-10-22(17)35-14-16-6-4-7-19(11-16)29(33)34/h2-13H,14H2,1H3,(H,27,30,32)/b20-13+. The highest BCUT2D eigenvalue weighted by Crippen LogP contribution is 2.29. The van der Waals surface area contributed by atoms with Crippen LogP contribution < -0.4 is 15.0 Å². The molecular weight excluding hydrogens is 518 g/mol. The number of hydrogen-bond acceptors (Lipinski definition) is 6. The Morgan fingerprint density at radius 1 is 1.06 bits per heavy atom. The van der Waals surface area contributed by atoms with E-state index >= 15 is 0 Å². The van der Waals surface area contributed by atoms with Crippen LogP contribution in [0.4, 0.5) is 16.2 Å². The Morgan fingerprint density at radius 3 is 2.57 bits per heavy atom. The molecule has 9 nitrogen and oxygen atoms in total. The molecule has 0 aromatic heterocycles. The fourth-order valence-corrected chi connectivity index (χ4v) is 3.91. The lowest BCUT2D eigenvalue weighted by Gasteiger charge is -2.27. The number of carbonyl (C=O) groups is 3. The average Bonchev–Trinajstić information content (AvgIpc) is 2.82. The molecule has 0 saturated carbocycles. The zero-order valence-corrected chi connectivity index (χ0v) is 19.9. The molecule has 1 N–H and O–H groups in total. The number of anilines is 1. The van der Waals surface area contributed by atoms with Gasteiger partial charge in [0, 0.05) is 22.2 Å². The highest BCUT2D eigenvalue weighted by atomic mass is 79.9. The predicted molar refractivity (Wildman–Crippen MR) is 132 cm³/mol. The van der Waals surface area contributed by atoms with Crippen molar-refractivity contribution < 1.29 is 24.0 Å². The number of urea groups is 1. The lowest BCUT2D eigenvalue weighted by atomic mass is 10.0. The van der Waals surface area contributed by atoms with Crippen molar-refractivity contribution in [2.75, 3.05) is 4.90 Å². The second kappa shape index (κ2) is 9.90. The first-order valence-electron chi connectivity index (χ1n) is 10.4. The molecule has 0 unspecified atom stereocenters. The van der Waals surface area contributed by atoms with E-state index in [9.17, 15) is 24.5 Å². The van der Waals surface area contributed by atoms with E-state index in [4.69, 9.17) is 4.74 Å². The highest BCUT2D eigenvalue weighted by molar-refractivity contribution is 9.10. The molecule has 10 heteroatoms. The van der Waals surface area contributed by atoms with Gasteiger partial charge < -0.3 is 4.74 Å². The molecule has 4 amide bonds. The summed E-state index contributed by atoms with van der Waals surface area (Å²) >= 11 is 3.37. The van der Waals surface area contributed by atoms with Crippen LogP contribution in [0.1, 0.15) is 16.7 Å². The molecule has 0 atom stereocenters. The summed E-state index contributed by atoms with van der Waals surface area (Å²) in [4.78, 5) is 49.8. The third-order valence-electron chi connectivity index (χ3n) is 5.25. The van der Waals surface area contributed by atoms with Crippen molar-refractivity contribution in [3.8, 4) is 5.75 Å². The number of para-hydroxylation sites is 1. The van der Waals surface area contributed by atoms with Crippen molar-refractivity contribution in [3.63, 3.8) is 0 Å². The van der Waals surface area contributed by atoms with Gasteiger partial charge in [-0.05, 0) is 48.4 Å². The van der Waals surface area contributed by atoms with Crippen LogP contribution >= 0.6 is 15.9 Å². The van der Waals surface area contributed by atoms with E-state index < -0.39 is 22.8 Å². The molecule has 0 aliphatic carbocycles. The molecule has 0 spiro atoms. The van der Waals surface area contributed by atoms with Crippen LogP contribution in [0.25, 0.3) is 6.08 Å². The second-order valence-electron chi connectivity index (χ2n) is 7.64. The third kappa shape index (κ3) is 5.12.